The molecule has 0 bridgehead atoms. The molecule has 0 aliphatic heterocycles. The molecule has 0 nitrogen and oxygen atoms in total. The number of hydrogen-bond acceptors (Lipinski definition) is 0. The van der Waals surface area contributed by atoms with Crippen LogP contribution in [0.5, 0.6) is 0 Å². The predicted molar refractivity (Wildman–Crippen MR) is 33.7 cm³/mol. The van der Waals surface area contributed by atoms with Crippen molar-refractivity contribution in [1.29, 1.82) is 0 Å². The zero-order valence-electron chi connectivity index (χ0n) is 4.39. The Hall–Kier alpha value is -0.655. The van der Waals surface area contributed by atoms with Crippen LogP contribution < -0.4 is 0 Å². The molecule has 1 aliphatic carbocycles. The van der Waals surface area contributed by atoms with Gasteiger partial charge in [0.2, 0.25) is 0 Å². The monoisotopic (exact) mass is 107 g/mol. The molecule has 0 aromatic rings. The first-order valence-corrected chi connectivity index (χ1v) is 2.45. The van der Waals surface area contributed by atoms with E-state index in [2.05, 4.69) is 0 Å². The number of halogens is 1. The summed E-state index contributed by atoms with van der Waals surface area (Å²) in [4.78, 5) is 0. The van der Waals surface area contributed by atoms with Gasteiger partial charge in [-0.25, -0.2) is 0 Å². The summed E-state index contributed by atoms with van der Waals surface area (Å²) in [6.45, 7) is 0. The van der Waals surface area contributed by atoms with Crippen molar-refractivity contribution >= 4 is 13.0 Å². The van der Waals surface area contributed by atoms with E-state index in [-0.39, 0.29) is 11.3 Å². The number of allylic oxidation sites excluding steroid dienone is 4. The summed E-state index contributed by atoms with van der Waals surface area (Å²) in [6, 6.07) is 0. The van der Waals surface area contributed by atoms with Gasteiger partial charge >= 0.3 is 47.8 Å². The van der Waals surface area contributed by atoms with Crippen LogP contribution in [-0.4, -0.2) is 13.0 Å². The summed E-state index contributed by atoms with van der Waals surface area (Å²) >= 11 is 0. The van der Waals surface area contributed by atoms with E-state index in [0.717, 1.165) is 0 Å². The van der Waals surface area contributed by atoms with Gasteiger partial charge in [0.1, 0.15) is 0 Å². The molecular formula is C6H5BF. The van der Waals surface area contributed by atoms with Crippen LogP contribution in [0.4, 0.5) is 4.39 Å². The van der Waals surface area contributed by atoms with Crippen molar-refractivity contribution in [2.24, 2.45) is 0 Å². The Morgan fingerprint density at radius 1 is 1.62 bits per heavy atom. The van der Waals surface area contributed by atoms with Crippen LogP contribution in [0.3, 0.4) is 0 Å². The van der Waals surface area contributed by atoms with Gasteiger partial charge in [0.25, 0.3) is 0 Å². The minimum atomic E-state index is -0.299. The molecule has 0 unspecified atom stereocenters. The summed E-state index contributed by atoms with van der Waals surface area (Å²) in [5, 5.41) is 0. The van der Waals surface area contributed by atoms with Gasteiger partial charge < -0.3 is 0 Å². The number of rotatable bonds is 0. The average molecular weight is 107 g/mol. The Morgan fingerprint density at radius 2 is 2.38 bits per heavy atom. The van der Waals surface area contributed by atoms with Gasteiger partial charge in [-0.15, -0.1) is 0 Å². The molecule has 1 aliphatic rings. The van der Waals surface area contributed by atoms with Crippen molar-refractivity contribution in [3.8, 4) is 0 Å². The fraction of sp³-hybridized carbons (Fsp3) is 0.167. The molecule has 0 aromatic heterocycles. The molecule has 0 aromatic carbocycles. The summed E-state index contributed by atoms with van der Waals surface area (Å²) in [7, 11) is 5.16. The molecule has 0 spiro atoms. The Bertz CT molecular complexity index is 167. The van der Waals surface area contributed by atoms with Crippen molar-refractivity contribution in [3.63, 3.8) is 0 Å². The molecule has 39 valence electrons. The Labute approximate surface area is 48.8 Å². The van der Waals surface area contributed by atoms with E-state index in [0.29, 0.717) is 6.42 Å². The van der Waals surface area contributed by atoms with Crippen LogP contribution in [-0.2, 0) is 0 Å². The summed E-state index contributed by atoms with van der Waals surface area (Å²) in [6.07, 6.45) is 5.51. The van der Waals surface area contributed by atoms with Crippen LogP contribution in [0.25, 0.3) is 0 Å². The van der Waals surface area contributed by atoms with Crippen LogP contribution in [0.15, 0.2) is 24.1 Å². The van der Waals surface area contributed by atoms with E-state index >= 15 is 0 Å². The van der Waals surface area contributed by atoms with Crippen LogP contribution in [0.1, 0.15) is 6.42 Å². The predicted octanol–water partition coefficient (Wildman–Crippen LogP) is 1.14. The molecule has 1 rings (SSSR count). The summed E-state index contributed by atoms with van der Waals surface area (Å²) in [5.41, 5.74) is 0.233. The fourth-order valence-electron chi connectivity index (χ4n) is 0.564. The van der Waals surface area contributed by atoms with Crippen LogP contribution in [0.2, 0.25) is 0 Å². The van der Waals surface area contributed by atoms with Crippen molar-refractivity contribution in [2.75, 3.05) is 0 Å². The van der Waals surface area contributed by atoms with Gasteiger partial charge in [-0.3, -0.25) is 0 Å². The first-order chi connectivity index (χ1) is 3.80. The van der Waals surface area contributed by atoms with Gasteiger partial charge in [-0.1, -0.05) is 0 Å². The molecule has 0 atom stereocenters. The molecular weight excluding hydrogens is 102 g/mol. The molecule has 0 amide bonds. The minimum absolute atomic E-state index is 0.233. The summed E-state index contributed by atoms with van der Waals surface area (Å²) in [5.74, 6) is -0.299. The van der Waals surface area contributed by atoms with E-state index in [9.17, 15) is 4.39 Å². The standard InChI is InChI=1S/C6H5BF/c7-5-3-1-2-4-6(5)8/h1,3-4H,2H2. The summed E-state index contributed by atoms with van der Waals surface area (Å²) < 4.78 is 12.2. The van der Waals surface area contributed by atoms with E-state index in [4.69, 9.17) is 7.49 Å². The Morgan fingerprint density at radius 3 is 2.75 bits per heavy atom. The van der Waals surface area contributed by atoms with Gasteiger partial charge in [-0.2, -0.15) is 0 Å². The first-order valence-electron chi connectivity index (χ1n) is 2.45. The Balaban J connectivity index is 2.78. The van der Waals surface area contributed by atoms with Gasteiger partial charge in [0.15, 0.2) is 0 Å². The molecule has 0 saturated heterocycles. The van der Waals surface area contributed by atoms with Gasteiger partial charge in [-0.05, 0) is 0 Å². The van der Waals surface area contributed by atoms with E-state index < -0.39 is 0 Å². The topological polar surface area (TPSA) is 0 Å². The van der Waals surface area contributed by atoms with Gasteiger partial charge in [0, 0.05) is 0 Å². The second-order valence-corrected chi connectivity index (χ2v) is 1.65. The maximum absolute atomic E-state index is 12.2. The first kappa shape index (κ1) is 5.48. The molecule has 0 N–H and O–H groups in total. The van der Waals surface area contributed by atoms with Crippen LogP contribution in [0, 0.1) is 0 Å². The molecule has 1 radical (unpaired) electrons. The molecule has 0 saturated carbocycles. The second-order valence-electron chi connectivity index (χ2n) is 1.65. The number of hydrogen-bond donors (Lipinski definition) is 0. The maximum atomic E-state index is 12.2. The van der Waals surface area contributed by atoms with Crippen LogP contribution >= 0.6 is 0 Å². The molecule has 0 heterocycles. The third kappa shape index (κ3) is 0.943. The van der Waals surface area contributed by atoms with Crippen molar-refractivity contribution in [2.45, 2.75) is 6.42 Å². The Kier molecular flexibility index (Phi) is 1.42. The van der Waals surface area contributed by atoms with Crippen molar-refractivity contribution in [3.05, 3.63) is 24.1 Å². The average Bonchev–Trinajstić information content (AvgIpc) is 1.77. The fourth-order valence-corrected chi connectivity index (χ4v) is 0.564. The van der Waals surface area contributed by atoms with E-state index in [1.807, 2.05) is 6.08 Å². The quantitative estimate of drug-likeness (QED) is 0.407. The molecule has 0 fully saturated rings. The van der Waals surface area contributed by atoms with Crippen molar-refractivity contribution in [1.82, 2.24) is 0 Å². The normalized spacial score (nSPS) is 18.5. The zero-order valence-corrected chi connectivity index (χ0v) is 4.39. The zero-order chi connectivity index (χ0) is 5.98. The van der Waals surface area contributed by atoms with Crippen molar-refractivity contribution < 1.29 is 4.39 Å². The third-order valence-corrected chi connectivity index (χ3v) is 1.01. The SMILES string of the molecule is [B]=C1C=CCC=C1F. The van der Waals surface area contributed by atoms with E-state index in [1.54, 1.807) is 6.08 Å². The third-order valence-electron chi connectivity index (χ3n) is 1.01. The molecule has 2 heteroatoms. The molecule has 8 heavy (non-hydrogen) atoms. The van der Waals surface area contributed by atoms with E-state index in [1.165, 1.54) is 6.08 Å². The second kappa shape index (κ2) is 2.08. The van der Waals surface area contributed by atoms with Gasteiger partial charge in [0.05, 0.1) is 0 Å².